The lowest BCUT2D eigenvalue weighted by atomic mass is 9.91. The molecule has 0 saturated heterocycles. The van der Waals surface area contributed by atoms with E-state index in [4.69, 9.17) is 11.6 Å². The lowest BCUT2D eigenvalue weighted by Crippen LogP contribution is -2.21. The van der Waals surface area contributed by atoms with Crippen molar-refractivity contribution in [3.8, 4) is 0 Å². The molecule has 0 radical (unpaired) electrons. The molecule has 0 saturated carbocycles. The first-order valence-electron chi connectivity index (χ1n) is 6.49. The van der Waals surface area contributed by atoms with E-state index < -0.39 is 11.9 Å². The van der Waals surface area contributed by atoms with Gasteiger partial charge in [-0.05, 0) is 35.7 Å². The monoisotopic (exact) mass is 308 g/mol. The zero-order valence-electron chi connectivity index (χ0n) is 10.7. The molecule has 0 fully saturated rings. The molecule has 1 heterocycles. The zero-order valence-corrected chi connectivity index (χ0v) is 12.3. The van der Waals surface area contributed by atoms with E-state index in [9.17, 15) is 9.50 Å². The van der Waals surface area contributed by atoms with E-state index in [0.29, 0.717) is 6.42 Å². The first kappa shape index (κ1) is 13.9. The average Bonchev–Trinajstić information content (AvgIpc) is 2.87. The Kier molecular flexibility index (Phi) is 4.01. The fraction of sp³-hybridized carbons (Fsp3) is 0.250. The van der Waals surface area contributed by atoms with E-state index in [2.05, 4.69) is 12.1 Å². The van der Waals surface area contributed by atoms with Crippen LogP contribution in [0, 0.1) is 5.82 Å². The topological polar surface area (TPSA) is 20.2 Å². The van der Waals surface area contributed by atoms with Crippen molar-refractivity contribution in [1.82, 2.24) is 0 Å². The van der Waals surface area contributed by atoms with Crippen molar-refractivity contribution in [3.63, 3.8) is 0 Å². The van der Waals surface area contributed by atoms with E-state index in [-0.39, 0.29) is 10.9 Å². The largest absolute Gasteiger partial charge is 0.392 e. The predicted molar refractivity (Wildman–Crippen MR) is 81.0 cm³/mol. The van der Waals surface area contributed by atoms with Crippen LogP contribution >= 0.6 is 23.4 Å². The summed E-state index contributed by atoms with van der Waals surface area (Å²) in [4.78, 5) is 1.24. The van der Waals surface area contributed by atoms with Crippen LogP contribution in [0.15, 0.2) is 47.4 Å². The Labute approximate surface area is 126 Å². The molecule has 0 aromatic heterocycles. The Morgan fingerprint density at radius 1 is 1.30 bits per heavy atom. The van der Waals surface area contributed by atoms with Crippen molar-refractivity contribution in [3.05, 3.63) is 64.4 Å². The predicted octanol–water partition coefficient (Wildman–Crippen LogP) is 4.27. The van der Waals surface area contributed by atoms with Crippen LogP contribution in [0.1, 0.15) is 17.0 Å². The van der Waals surface area contributed by atoms with E-state index in [1.54, 1.807) is 23.9 Å². The molecule has 3 rings (SSSR count). The molecular formula is C16H14ClFOS. The summed E-state index contributed by atoms with van der Waals surface area (Å²) in [5, 5.41) is 10.6. The number of aliphatic hydroxyl groups is 1. The van der Waals surface area contributed by atoms with Crippen LogP contribution in [0.5, 0.6) is 0 Å². The Bertz CT molecular complexity index is 632. The number of halogens is 2. The van der Waals surface area contributed by atoms with Crippen molar-refractivity contribution >= 4 is 23.4 Å². The van der Waals surface area contributed by atoms with Crippen LogP contribution in [0.4, 0.5) is 4.39 Å². The molecule has 0 aliphatic carbocycles. The summed E-state index contributed by atoms with van der Waals surface area (Å²) in [5.41, 5.74) is 2.07. The number of hydrogen-bond acceptors (Lipinski definition) is 2. The number of benzene rings is 2. The van der Waals surface area contributed by atoms with Gasteiger partial charge in [-0.2, -0.15) is 0 Å². The highest BCUT2D eigenvalue weighted by atomic mass is 35.5. The molecule has 2 aromatic carbocycles. The van der Waals surface area contributed by atoms with Crippen LogP contribution in [-0.4, -0.2) is 17.0 Å². The third-order valence-electron chi connectivity index (χ3n) is 3.63. The van der Waals surface area contributed by atoms with Gasteiger partial charge >= 0.3 is 0 Å². The van der Waals surface area contributed by atoms with Crippen molar-refractivity contribution in [1.29, 1.82) is 0 Å². The Hall–Kier alpha value is -1.03. The SMILES string of the molecule is OC(Cc1ccc(F)c(Cl)c1)C1CSc2ccccc21. The van der Waals surface area contributed by atoms with Gasteiger partial charge in [-0.25, -0.2) is 4.39 Å². The highest BCUT2D eigenvalue weighted by Gasteiger charge is 2.29. The minimum atomic E-state index is -0.479. The maximum absolute atomic E-state index is 13.1. The van der Waals surface area contributed by atoms with Gasteiger partial charge < -0.3 is 5.11 Å². The maximum Gasteiger partial charge on any atom is 0.141 e. The third-order valence-corrected chi connectivity index (χ3v) is 5.13. The second-order valence-corrected chi connectivity index (χ2v) is 6.44. The van der Waals surface area contributed by atoms with Crippen LogP contribution < -0.4 is 0 Å². The average molecular weight is 309 g/mol. The van der Waals surface area contributed by atoms with Gasteiger partial charge in [-0.1, -0.05) is 35.9 Å². The van der Waals surface area contributed by atoms with Crippen LogP contribution in [0.3, 0.4) is 0 Å². The van der Waals surface area contributed by atoms with Gasteiger partial charge in [-0.15, -0.1) is 11.8 Å². The van der Waals surface area contributed by atoms with Crippen molar-refractivity contribution in [2.45, 2.75) is 23.3 Å². The van der Waals surface area contributed by atoms with Crippen molar-refractivity contribution in [2.75, 3.05) is 5.75 Å². The molecule has 104 valence electrons. The van der Waals surface area contributed by atoms with Gasteiger partial charge in [0.2, 0.25) is 0 Å². The summed E-state index contributed by atoms with van der Waals surface area (Å²) in [6, 6.07) is 12.8. The summed E-state index contributed by atoms with van der Waals surface area (Å²) >= 11 is 7.55. The lowest BCUT2D eigenvalue weighted by molar-refractivity contribution is 0.151. The minimum absolute atomic E-state index is 0.107. The number of rotatable bonds is 3. The molecule has 2 atom stereocenters. The first-order valence-corrected chi connectivity index (χ1v) is 7.85. The number of thioether (sulfide) groups is 1. The molecule has 0 spiro atoms. The summed E-state index contributed by atoms with van der Waals surface area (Å²) < 4.78 is 13.1. The van der Waals surface area contributed by atoms with Gasteiger partial charge in [-0.3, -0.25) is 0 Å². The quantitative estimate of drug-likeness (QED) is 0.913. The normalized spacial score (nSPS) is 18.9. The molecule has 1 aliphatic rings. The standard InChI is InChI=1S/C16H14ClFOS/c17-13-7-10(5-6-14(13)18)8-15(19)12-9-20-16-4-2-1-3-11(12)16/h1-7,12,15,19H,8-9H2. The van der Waals surface area contributed by atoms with Crippen LogP contribution in [-0.2, 0) is 6.42 Å². The Balaban J connectivity index is 1.77. The van der Waals surface area contributed by atoms with Gasteiger partial charge in [0.1, 0.15) is 5.82 Å². The van der Waals surface area contributed by atoms with E-state index >= 15 is 0 Å². The maximum atomic E-state index is 13.1. The zero-order chi connectivity index (χ0) is 14.1. The third kappa shape index (κ3) is 2.71. The smallest absolute Gasteiger partial charge is 0.141 e. The molecule has 1 aliphatic heterocycles. The summed E-state index contributed by atoms with van der Waals surface area (Å²) in [6.07, 6.45) is 0.00667. The molecule has 2 unspecified atom stereocenters. The van der Waals surface area contributed by atoms with E-state index in [1.807, 2.05) is 12.1 Å². The number of aliphatic hydroxyl groups excluding tert-OH is 1. The summed E-state index contributed by atoms with van der Waals surface area (Å²) in [7, 11) is 0. The second kappa shape index (κ2) is 5.76. The molecule has 0 amide bonds. The summed E-state index contributed by atoms with van der Waals surface area (Å²) in [5.74, 6) is 0.585. The van der Waals surface area contributed by atoms with E-state index in [0.717, 1.165) is 11.3 Å². The number of hydrogen-bond donors (Lipinski definition) is 1. The van der Waals surface area contributed by atoms with Gasteiger partial charge in [0.05, 0.1) is 11.1 Å². The molecular weight excluding hydrogens is 295 g/mol. The molecule has 2 aromatic rings. The van der Waals surface area contributed by atoms with Crippen molar-refractivity contribution < 1.29 is 9.50 Å². The van der Waals surface area contributed by atoms with Crippen molar-refractivity contribution in [2.24, 2.45) is 0 Å². The molecule has 1 nitrogen and oxygen atoms in total. The molecule has 0 bridgehead atoms. The lowest BCUT2D eigenvalue weighted by Gasteiger charge is -2.18. The van der Waals surface area contributed by atoms with Gasteiger partial charge in [0.25, 0.3) is 0 Å². The Morgan fingerprint density at radius 2 is 2.10 bits per heavy atom. The summed E-state index contributed by atoms with van der Waals surface area (Å²) in [6.45, 7) is 0. The second-order valence-electron chi connectivity index (χ2n) is 4.98. The van der Waals surface area contributed by atoms with Gasteiger partial charge in [0, 0.05) is 16.6 Å². The highest BCUT2D eigenvalue weighted by Crippen LogP contribution is 2.41. The number of fused-ring (bicyclic) bond motifs is 1. The Morgan fingerprint density at radius 3 is 2.90 bits per heavy atom. The van der Waals surface area contributed by atoms with Crippen LogP contribution in [0.25, 0.3) is 0 Å². The molecule has 1 N–H and O–H groups in total. The molecule has 4 heteroatoms. The van der Waals surface area contributed by atoms with Gasteiger partial charge in [0.15, 0.2) is 0 Å². The van der Waals surface area contributed by atoms with E-state index in [1.165, 1.54) is 16.5 Å². The first-order chi connectivity index (χ1) is 9.65. The fourth-order valence-corrected chi connectivity index (χ4v) is 4.08. The fourth-order valence-electron chi connectivity index (χ4n) is 2.56. The minimum Gasteiger partial charge on any atom is -0.392 e. The van der Waals surface area contributed by atoms with Crippen LogP contribution in [0.2, 0.25) is 5.02 Å². The molecule has 20 heavy (non-hydrogen) atoms. The highest BCUT2D eigenvalue weighted by molar-refractivity contribution is 7.99.